The van der Waals surface area contributed by atoms with Crippen LogP contribution in [0.2, 0.25) is 0 Å². The molecule has 1 amide bonds. The minimum absolute atomic E-state index is 0. The molecule has 1 aromatic rings. The molecule has 1 fully saturated rings. The van der Waals surface area contributed by atoms with Gasteiger partial charge in [0, 0.05) is 38.1 Å². The lowest BCUT2D eigenvalue weighted by atomic mass is 10.0. The molecule has 7 heteroatoms. The summed E-state index contributed by atoms with van der Waals surface area (Å²) in [4.78, 5) is 18.3. The minimum atomic E-state index is -0.205. The first-order chi connectivity index (χ1) is 12.6. The van der Waals surface area contributed by atoms with Crippen molar-refractivity contribution < 1.29 is 9.53 Å². The third kappa shape index (κ3) is 7.94. The van der Waals surface area contributed by atoms with Crippen LogP contribution < -0.4 is 10.6 Å². The topological polar surface area (TPSA) is 66.0 Å². The molecule has 1 saturated heterocycles. The zero-order chi connectivity index (χ0) is 18.8. The Morgan fingerprint density at radius 3 is 2.52 bits per heavy atom. The van der Waals surface area contributed by atoms with Gasteiger partial charge >= 0.3 is 6.09 Å². The number of halogens is 1. The van der Waals surface area contributed by atoms with Gasteiger partial charge in [0.2, 0.25) is 0 Å². The Hall–Kier alpha value is -1.51. The zero-order valence-corrected chi connectivity index (χ0v) is 18.9. The van der Waals surface area contributed by atoms with Crippen LogP contribution in [-0.2, 0) is 4.74 Å². The van der Waals surface area contributed by atoms with Gasteiger partial charge in [0.05, 0.1) is 6.61 Å². The number of ether oxygens (including phenoxy) is 1. The van der Waals surface area contributed by atoms with Crippen molar-refractivity contribution in [2.45, 2.75) is 45.6 Å². The van der Waals surface area contributed by atoms with E-state index in [4.69, 9.17) is 9.73 Å². The zero-order valence-electron chi connectivity index (χ0n) is 16.6. The highest BCUT2D eigenvalue weighted by Gasteiger charge is 2.24. The summed E-state index contributed by atoms with van der Waals surface area (Å²) >= 11 is 0. The second kappa shape index (κ2) is 12.8. The summed E-state index contributed by atoms with van der Waals surface area (Å²) in [6.45, 7) is 9.53. The fourth-order valence-corrected chi connectivity index (χ4v) is 3.05. The molecule has 27 heavy (non-hydrogen) atoms. The van der Waals surface area contributed by atoms with Gasteiger partial charge in [0.25, 0.3) is 0 Å². The fourth-order valence-electron chi connectivity index (χ4n) is 3.05. The second-order valence-electron chi connectivity index (χ2n) is 6.64. The standard InChI is InChI=1S/C20H32N4O2.HI/c1-4-21-19(22-15-16(3)17-9-7-6-8-10-17)23-18-11-13-24(14-12-18)20(25)26-5-2;/h6-10,16,18H,4-5,11-15H2,1-3H3,(H2,21,22,23);1H. The number of amides is 1. The number of hydrogen-bond donors (Lipinski definition) is 2. The number of benzene rings is 1. The Morgan fingerprint density at radius 2 is 1.93 bits per heavy atom. The lowest BCUT2D eigenvalue weighted by molar-refractivity contribution is 0.0963. The highest BCUT2D eigenvalue weighted by Crippen LogP contribution is 2.15. The summed E-state index contributed by atoms with van der Waals surface area (Å²) in [5, 5.41) is 6.84. The van der Waals surface area contributed by atoms with Crippen LogP contribution in [0.4, 0.5) is 4.79 Å². The maximum atomic E-state index is 11.8. The summed E-state index contributed by atoms with van der Waals surface area (Å²) in [7, 11) is 0. The number of nitrogens with one attached hydrogen (secondary N) is 2. The summed E-state index contributed by atoms with van der Waals surface area (Å²) in [5.74, 6) is 1.22. The van der Waals surface area contributed by atoms with Gasteiger partial charge in [0.1, 0.15) is 0 Å². The molecule has 0 saturated carbocycles. The molecule has 0 radical (unpaired) electrons. The van der Waals surface area contributed by atoms with E-state index in [0.717, 1.165) is 45.0 Å². The van der Waals surface area contributed by atoms with Crippen molar-refractivity contribution in [3.63, 3.8) is 0 Å². The van der Waals surface area contributed by atoms with E-state index in [1.165, 1.54) is 5.56 Å². The number of aliphatic imine (C=N–C) groups is 1. The van der Waals surface area contributed by atoms with Gasteiger partial charge in [-0.3, -0.25) is 4.99 Å². The summed E-state index contributed by atoms with van der Waals surface area (Å²) in [5.41, 5.74) is 1.30. The van der Waals surface area contributed by atoms with Crippen LogP contribution in [0.1, 0.15) is 45.1 Å². The van der Waals surface area contributed by atoms with Crippen LogP contribution in [0.15, 0.2) is 35.3 Å². The average Bonchev–Trinajstić information content (AvgIpc) is 2.67. The number of piperidine rings is 1. The van der Waals surface area contributed by atoms with Crippen LogP contribution in [0.25, 0.3) is 0 Å². The molecule has 1 aliphatic rings. The SMILES string of the molecule is CCNC(=NCC(C)c1ccccc1)NC1CCN(C(=O)OCC)CC1.I. The smallest absolute Gasteiger partial charge is 0.409 e. The third-order valence-electron chi connectivity index (χ3n) is 4.60. The normalized spacial score (nSPS) is 16.3. The van der Waals surface area contributed by atoms with Gasteiger partial charge in [-0.25, -0.2) is 4.79 Å². The third-order valence-corrected chi connectivity index (χ3v) is 4.60. The Morgan fingerprint density at radius 1 is 1.26 bits per heavy atom. The summed E-state index contributed by atoms with van der Waals surface area (Å²) in [6, 6.07) is 10.8. The molecule has 0 aliphatic carbocycles. The average molecular weight is 488 g/mol. The number of guanidine groups is 1. The molecule has 1 unspecified atom stereocenters. The van der Waals surface area contributed by atoms with E-state index in [2.05, 4.69) is 48.7 Å². The molecule has 152 valence electrons. The molecule has 1 aliphatic heterocycles. The Balaban J connectivity index is 0.00000364. The molecule has 1 aromatic carbocycles. The van der Waals surface area contributed by atoms with Gasteiger partial charge in [-0.1, -0.05) is 37.3 Å². The molecule has 1 atom stereocenters. The van der Waals surface area contributed by atoms with Gasteiger partial charge < -0.3 is 20.3 Å². The van der Waals surface area contributed by atoms with Crippen molar-refractivity contribution in [2.24, 2.45) is 4.99 Å². The van der Waals surface area contributed by atoms with Crippen LogP contribution in [0.5, 0.6) is 0 Å². The number of carbonyl (C=O) groups is 1. The van der Waals surface area contributed by atoms with Gasteiger partial charge in [-0.05, 0) is 32.3 Å². The van der Waals surface area contributed by atoms with Crippen LogP contribution in [0, 0.1) is 0 Å². The monoisotopic (exact) mass is 488 g/mol. The highest BCUT2D eigenvalue weighted by atomic mass is 127. The van der Waals surface area contributed by atoms with Crippen molar-refractivity contribution in [1.29, 1.82) is 0 Å². The molecule has 0 aromatic heterocycles. The fraction of sp³-hybridized carbons (Fsp3) is 0.600. The van der Waals surface area contributed by atoms with E-state index in [1.54, 1.807) is 4.90 Å². The lowest BCUT2D eigenvalue weighted by Crippen LogP contribution is -2.50. The quantitative estimate of drug-likeness (QED) is 0.365. The second-order valence-corrected chi connectivity index (χ2v) is 6.64. The van der Waals surface area contributed by atoms with Crippen LogP contribution in [-0.4, -0.2) is 55.8 Å². The van der Waals surface area contributed by atoms with Gasteiger partial charge in [-0.2, -0.15) is 0 Å². The first-order valence-corrected chi connectivity index (χ1v) is 9.65. The van der Waals surface area contributed by atoms with Gasteiger partial charge in [0.15, 0.2) is 5.96 Å². The number of carbonyl (C=O) groups excluding carboxylic acids is 1. The van der Waals surface area contributed by atoms with E-state index < -0.39 is 0 Å². The van der Waals surface area contributed by atoms with E-state index in [-0.39, 0.29) is 30.1 Å². The summed E-state index contributed by atoms with van der Waals surface area (Å²) < 4.78 is 5.07. The van der Waals surface area contributed by atoms with Gasteiger partial charge in [-0.15, -0.1) is 24.0 Å². The molecule has 6 nitrogen and oxygen atoms in total. The first kappa shape index (κ1) is 23.5. The van der Waals surface area contributed by atoms with Crippen molar-refractivity contribution in [2.75, 3.05) is 32.8 Å². The predicted molar refractivity (Wildman–Crippen MR) is 121 cm³/mol. The molecular weight excluding hydrogens is 455 g/mol. The van der Waals surface area contributed by atoms with Crippen LogP contribution >= 0.6 is 24.0 Å². The largest absolute Gasteiger partial charge is 0.450 e. The van der Waals surface area contributed by atoms with Crippen molar-refractivity contribution in [3.8, 4) is 0 Å². The predicted octanol–water partition coefficient (Wildman–Crippen LogP) is 3.58. The molecule has 0 spiro atoms. The Kier molecular flexibility index (Phi) is 11.2. The number of nitrogens with zero attached hydrogens (tertiary/aromatic N) is 2. The minimum Gasteiger partial charge on any atom is -0.450 e. The molecular formula is C20H33IN4O2. The van der Waals surface area contributed by atoms with E-state index in [0.29, 0.717) is 18.6 Å². The van der Waals surface area contributed by atoms with Crippen molar-refractivity contribution in [1.82, 2.24) is 15.5 Å². The number of likely N-dealkylation sites (tertiary alicyclic amines) is 1. The number of rotatable bonds is 6. The lowest BCUT2D eigenvalue weighted by Gasteiger charge is -2.32. The van der Waals surface area contributed by atoms with E-state index in [1.807, 2.05) is 13.0 Å². The highest BCUT2D eigenvalue weighted by molar-refractivity contribution is 14.0. The first-order valence-electron chi connectivity index (χ1n) is 9.65. The molecule has 2 rings (SSSR count). The summed E-state index contributed by atoms with van der Waals surface area (Å²) in [6.07, 6.45) is 1.60. The Bertz CT molecular complexity index is 575. The van der Waals surface area contributed by atoms with Crippen molar-refractivity contribution in [3.05, 3.63) is 35.9 Å². The number of hydrogen-bond acceptors (Lipinski definition) is 3. The van der Waals surface area contributed by atoms with Crippen LogP contribution in [0.3, 0.4) is 0 Å². The molecule has 0 bridgehead atoms. The molecule has 2 N–H and O–H groups in total. The van der Waals surface area contributed by atoms with Crippen molar-refractivity contribution >= 4 is 36.0 Å². The Labute approximate surface area is 180 Å². The van der Waals surface area contributed by atoms with E-state index >= 15 is 0 Å². The maximum absolute atomic E-state index is 11.8. The molecule has 1 heterocycles. The maximum Gasteiger partial charge on any atom is 0.409 e. The van der Waals surface area contributed by atoms with E-state index in [9.17, 15) is 4.79 Å².